The first-order valence-corrected chi connectivity index (χ1v) is 11.5. The van der Waals surface area contributed by atoms with Crippen molar-refractivity contribution in [3.63, 3.8) is 0 Å². The van der Waals surface area contributed by atoms with Crippen molar-refractivity contribution in [2.24, 2.45) is 16.3 Å². The van der Waals surface area contributed by atoms with Crippen LogP contribution in [0.25, 0.3) is 0 Å². The van der Waals surface area contributed by atoms with Crippen LogP contribution in [0, 0.1) is 17.2 Å². The Kier molecular flexibility index (Phi) is 8.94. The highest BCUT2D eigenvalue weighted by Crippen LogP contribution is 2.40. The Hall–Kier alpha value is -1.66. The largest absolute Gasteiger partial charge is 0.385 e. The standard InChI is InChI=1S/C24H39FN4O/c1-26-23(28-19-24(13-16-30-2)11-5-6-12-24)27-17-20-9-14-29(15-10-20)18-21-7-3-4-8-22(21)25/h3-4,7-8,20H,5-6,9-19H2,1-2H3,(H2,26,27,28). The first-order valence-electron chi connectivity index (χ1n) is 11.5. The number of nitrogens with one attached hydrogen (secondary N) is 2. The minimum absolute atomic E-state index is 0.0957. The maximum Gasteiger partial charge on any atom is 0.191 e. The van der Waals surface area contributed by atoms with Crippen molar-refractivity contribution in [2.75, 3.05) is 46.9 Å². The number of nitrogens with zero attached hydrogens (tertiary/aromatic N) is 2. The van der Waals surface area contributed by atoms with E-state index in [0.717, 1.165) is 63.6 Å². The third-order valence-corrected chi connectivity index (χ3v) is 6.97. The number of methoxy groups -OCH3 is 1. The van der Waals surface area contributed by atoms with Crippen molar-refractivity contribution in [3.8, 4) is 0 Å². The number of piperidine rings is 1. The monoisotopic (exact) mass is 418 g/mol. The summed E-state index contributed by atoms with van der Waals surface area (Å²) in [7, 11) is 3.64. The third kappa shape index (κ3) is 6.67. The second-order valence-electron chi connectivity index (χ2n) is 9.07. The second kappa shape index (κ2) is 11.7. The maximum atomic E-state index is 13.9. The first-order chi connectivity index (χ1) is 14.6. The fourth-order valence-corrected chi connectivity index (χ4v) is 4.91. The molecule has 0 radical (unpaired) electrons. The van der Waals surface area contributed by atoms with Gasteiger partial charge in [-0.2, -0.15) is 0 Å². The molecular weight excluding hydrogens is 379 g/mol. The summed E-state index contributed by atoms with van der Waals surface area (Å²) in [6.07, 6.45) is 8.59. The fourth-order valence-electron chi connectivity index (χ4n) is 4.91. The van der Waals surface area contributed by atoms with Gasteiger partial charge in [0.1, 0.15) is 5.82 Å². The average molecular weight is 419 g/mol. The van der Waals surface area contributed by atoms with Gasteiger partial charge >= 0.3 is 0 Å². The van der Waals surface area contributed by atoms with Crippen LogP contribution < -0.4 is 10.6 Å². The lowest BCUT2D eigenvalue weighted by atomic mass is 9.83. The lowest BCUT2D eigenvalue weighted by Crippen LogP contribution is -2.46. The number of guanidine groups is 1. The lowest BCUT2D eigenvalue weighted by molar-refractivity contribution is 0.138. The van der Waals surface area contributed by atoms with Crippen LogP contribution in [0.15, 0.2) is 29.3 Å². The number of hydrogen-bond donors (Lipinski definition) is 2. The molecule has 5 nitrogen and oxygen atoms in total. The van der Waals surface area contributed by atoms with Gasteiger partial charge in [-0.1, -0.05) is 31.0 Å². The van der Waals surface area contributed by atoms with Gasteiger partial charge in [0.2, 0.25) is 0 Å². The van der Waals surface area contributed by atoms with E-state index in [1.165, 1.54) is 25.7 Å². The molecule has 0 spiro atoms. The van der Waals surface area contributed by atoms with Crippen LogP contribution in [-0.4, -0.2) is 57.8 Å². The van der Waals surface area contributed by atoms with E-state index in [9.17, 15) is 4.39 Å². The average Bonchev–Trinajstić information content (AvgIpc) is 3.24. The molecule has 0 unspecified atom stereocenters. The van der Waals surface area contributed by atoms with Crippen LogP contribution in [0.4, 0.5) is 4.39 Å². The molecule has 2 fully saturated rings. The molecule has 168 valence electrons. The number of aliphatic imine (C=N–C) groups is 1. The van der Waals surface area contributed by atoms with Crippen LogP contribution in [0.3, 0.4) is 0 Å². The van der Waals surface area contributed by atoms with E-state index in [-0.39, 0.29) is 5.82 Å². The zero-order chi connectivity index (χ0) is 21.2. The van der Waals surface area contributed by atoms with Gasteiger partial charge in [-0.3, -0.25) is 9.89 Å². The first kappa shape index (κ1) is 23.0. The highest BCUT2D eigenvalue weighted by molar-refractivity contribution is 5.79. The molecule has 1 aromatic rings. The summed E-state index contributed by atoms with van der Waals surface area (Å²) in [5.74, 6) is 1.45. The van der Waals surface area contributed by atoms with Gasteiger partial charge in [-0.25, -0.2) is 4.39 Å². The van der Waals surface area contributed by atoms with Crippen molar-refractivity contribution in [3.05, 3.63) is 35.6 Å². The molecule has 1 saturated heterocycles. The summed E-state index contributed by atoms with van der Waals surface area (Å²) in [6, 6.07) is 7.11. The lowest BCUT2D eigenvalue weighted by Gasteiger charge is -2.33. The van der Waals surface area contributed by atoms with E-state index in [1.54, 1.807) is 19.2 Å². The number of rotatable bonds is 9. The molecule has 2 N–H and O–H groups in total. The minimum atomic E-state index is -0.0957. The molecule has 6 heteroatoms. The minimum Gasteiger partial charge on any atom is -0.385 e. The molecule has 3 rings (SSSR count). The van der Waals surface area contributed by atoms with E-state index < -0.39 is 0 Å². The molecule has 0 aromatic heterocycles. The number of likely N-dealkylation sites (tertiary alicyclic amines) is 1. The summed E-state index contributed by atoms with van der Waals surface area (Å²) in [4.78, 5) is 6.80. The Morgan fingerprint density at radius 3 is 2.60 bits per heavy atom. The molecule has 1 aromatic carbocycles. The van der Waals surface area contributed by atoms with Crippen LogP contribution in [0.1, 0.15) is 50.5 Å². The van der Waals surface area contributed by atoms with Gasteiger partial charge in [-0.05, 0) is 62.6 Å². The number of benzene rings is 1. The molecule has 1 aliphatic heterocycles. The van der Waals surface area contributed by atoms with Crippen LogP contribution in [-0.2, 0) is 11.3 Å². The van der Waals surface area contributed by atoms with Crippen molar-refractivity contribution in [1.82, 2.24) is 15.5 Å². The van der Waals surface area contributed by atoms with E-state index in [0.29, 0.717) is 17.9 Å². The van der Waals surface area contributed by atoms with Gasteiger partial charge in [0.15, 0.2) is 5.96 Å². The molecule has 1 aliphatic carbocycles. The Bertz CT molecular complexity index is 667. The van der Waals surface area contributed by atoms with Gasteiger partial charge in [0.25, 0.3) is 0 Å². The van der Waals surface area contributed by atoms with E-state index >= 15 is 0 Å². The van der Waals surface area contributed by atoms with Crippen LogP contribution in [0.5, 0.6) is 0 Å². The Morgan fingerprint density at radius 1 is 1.20 bits per heavy atom. The number of hydrogen-bond acceptors (Lipinski definition) is 3. The van der Waals surface area contributed by atoms with Crippen molar-refractivity contribution < 1.29 is 9.13 Å². The molecule has 0 atom stereocenters. The van der Waals surface area contributed by atoms with Crippen molar-refractivity contribution in [1.29, 1.82) is 0 Å². The van der Waals surface area contributed by atoms with Gasteiger partial charge in [0, 0.05) is 46.0 Å². The highest BCUT2D eigenvalue weighted by Gasteiger charge is 2.33. The van der Waals surface area contributed by atoms with E-state index in [4.69, 9.17) is 4.74 Å². The molecule has 0 bridgehead atoms. The summed E-state index contributed by atoms with van der Waals surface area (Å²) >= 11 is 0. The predicted octanol–water partition coefficient (Wildman–Crippen LogP) is 3.80. The van der Waals surface area contributed by atoms with E-state index in [1.807, 2.05) is 19.2 Å². The Labute approximate surface area is 181 Å². The molecular formula is C24H39FN4O. The molecule has 1 saturated carbocycles. The Balaban J connectivity index is 1.38. The van der Waals surface area contributed by atoms with Gasteiger partial charge in [0.05, 0.1) is 0 Å². The molecule has 2 aliphatic rings. The highest BCUT2D eigenvalue weighted by atomic mass is 19.1. The molecule has 0 amide bonds. The molecule has 30 heavy (non-hydrogen) atoms. The summed E-state index contributed by atoms with van der Waals surface area (Å²) in [5, 5.41) is 7.12. The van der Waals surface area contributed by atoms with Crippen molar-refractivity contribution >= 4 is 5.96 Å². The molecule has 1 heterocycles. The zero-order valence-corrected chi connectivity index (χ0v) is 18.8. The fraction of sp³-hybridized carbons (Fsp3) is 0.708. The summed E-state index contributed by atoms with van der Waals surface area (Å²) in [5.41, 5.74) is 1.15. The number of ether oxygens (including phenoxy) is 1. The van der Waals surface area contributed by atoms with Gasteiger partial charge < -0.3 is 15.4 Å². The van der Waals surface area contributed by atoms with E-state index in [2.05, 4.69) is 20.5 Å². The second-order valence-corrected chi connectivity index (χ2v) is 9.07. The topological polar surface area (TPSA) is 48.9 Å². The Morgan fingerprint density at radius 2 is 1.93 bits per heavy atom. The maximum absolute atomic E-state index is 13.9. The smallest absolute Gasteiger partial charge is 0.191 e. The SMILES string of the molecule is CN=C(NCC1CCN(Cc2ccccc2F)CC1)NCC1(CCOC)CCCC1. The summed E-state index contributed by atoms with van der Waals surface area (Å²) in [6.45, 7) is 5.49. The normalized spacial score (nSPS) is 20.4. The van der Waals surface area contributed by atoms with Crippen molar-refractivity contribution in [2.45, 2.75) is 51.5 Å². The zero-order valence-electron chi connectivity index (χ0n) is 18.8. The quantitative estimate of drug-likeness (QED) is 0.473. The van der Waals surface area contributed by atoms with Crippen LogP contribution in [0.2, 0.25) is 0 Å². The third-order valence-electron chi connectivity index (χ3n) is 6.97. The summed E-state index contributed by atoms with van der Waals surface area (Å²) < 4.78 is 19.2. The van der Waals surface area contributed by atoms with Gasteiger partial charge in [-0.15, -0.1) is 0 Å². The van der Waals surface area contributed by atoms with Crippen LogP contribution >= 0.6 is 0 Å². The number of halogens is 1. The predicted molar refractivity (Wildman–Crippen MR) is 121 cm³/mol.